The minimum Gasteiger partial charge on any atom is -0.477 e. The number of ether oxygens (including phenoxy) is 8. The Kier molecular flexibility index (Phi) is 21.3. The fraction of sp³-hybridized carbons (Fsp3) is 0.772. The first-order valence-corrected chi connectivity index (χ1v) is 28.7. The summed E-state index contributed by atoms with van der Waals surface area (Å²) in [5.41, 5.74) is -3.47. The number of carboxylic acids is 1. The monoisotopic (exact) mass is 1120 g/mol. The Morgan fingerprint density at radius 1 is 0.910 bits per heavy atom. The van der Waals surface area contributed by atoms with Gasteiger partial charge in [0.15, 0.2) is 18.7 Å². The number of likely N-dealkylation sites (N-methyl/N-ethyl adjacent to an activating group) is 1. The first kappa shape index (κ1) is 63.6. The Balaban J connectivity index is 1.19. The van der Waals surface area contributed by atoms with E-state index in [-0.39, 0.29) is 55.2 Å². The number of rotatable bonds is 17. The van der Waals surface area contributed by atoms with Crippen LogP contribution in [0.5, 0.6) is 0 Å². The normalized spacial score (nSPS) is 38.2. The van der Waals surface area contributed by atoms with Gasteiger partial charge in [-0.05, 0) is 112 Å². The number of hydrogen-bond acceptors (Lipinski definition) is 19. The van der Waals surface area contributed by atoms with Crippen molar-refractivity contribution < 1.29 is 77.5 Å². The highest BCUT2D eigenvalue weighted by atomic mass is 32.2. The van der Waals surface area contributed by atoms with E-state index in [9.17, 15) is 44.4 Å². The highest BCUT2D eigenvalue weighted by Crippen LogP contribution is 2.43. The van der Waals surface area contributed by atoms with Crippen LogP contribution < -0.4 is 10.7 Å². The van der Waals surface area contributed by atoms with Crippen molar-refractivity contribution in [3.05, 3.63) is 39.7 Å². The summed E-state index contributed by atoms with van der Waals surface area (Å²) in [5.74, 6) is -5.97. The van der Waals surface area contributed by atoms with E-state index in [1.165, 1.54) is 39.1 Å². The Bertz CT molecular complexity index is 2490. The number of aryl methyl sites for hydroxylation is 1. The molecule has 0 unspecified atom stereocenters. The van der Waals surface area contributed by atoms with E-state index < -0.39 is 119 Å². The van der Waals surface area contributed by atoms with Gasteiger partial charge in [-0.3, -0.25) is 19.2 Å². The Labute approximate surface area is 463 Å². The SMILES string of the molecule is CC[C@H]1OC(=O)[C@H](C)[C@@H](O[C@H]2C[C@@](C)(OC)[C@@H](OC(=O)CCNCCSc3cc4c5c(c3)c(=O)c(C(=O)O)cn5[C@H](C)CC4)[C@H](C)O2)[C@H](C)[C@@H](O[C@H]2O[C@@H](C)C[C@@H](N(C)C)[C@@H]2O)[C@](C)(OC)C[C@@H](C)C(=O)[C@H](C)[C@@H](O)[C@]1(C)O. The number of carboxylic acid groups (broad SMARTS) is 1. The van der Waals surface area contributed by atoms with Crippen LogP contribution >= 0.6 is 11.8 Å². The number of cyclic esters (lactones) is 1. The second-order valence-corrected chi connectivity index (χ2v) is 24.6. The van der Waals surface area contributed by atoms with Crippen molar-refractivity contribution >= 4 is 46.4 Å². The van der Waals surface area contributed by atoms with Gasteiger partial charge in [0, 0.05) is 85.8 Å². The number of esters is 2. The van der Waals surface area contributed by atoms with Crippen LogP contribution in [0.1, 0.15) is 137 Å². The number of nitrogens with one attached hydrogen (secondary N) is 1. The van der Waals surface area contributed by atoms with Crippen molar-refractivity contribution in [1.82, 2.24) is 14.8 Å². The van der Waals surface area contributed by atoms with E-state index in [1.54, 1.807) is 54.5 Å². The predicted octanol–water partition coefficient (Wildman–Crippen LogP) is 5.28. The van der Waals surface area contributed by atoms with Gasteiger partial charge in [0.05, 0.1) is 54.0 Å². The minimum atomic E-state index is -2.03. The second-order valence-electron chi connectivity index (χ2n) is 23.4. The number of methoxy groups -OCH3 is 2. The van der Waals surface area contributed by atoms with Gasteiger partial charge in [0.25, 0.3) is 0 Å². The lowest BCUT2D eigenvalue weighted by Crippen LogP contribution is -2.61. The molecule has 20 nitrogen and oxygen atoms in total. The molecule has 21 heteroatoms. The van der Waals surface area contributed by atoms with Gasteiger partial charge in [0.2, 0.25) is 5.43 Å². The summed E-state index contributed by atoms with van der Waals surface area (Å²) in [6.07, 6.45) is -6.51. The van der Waals surface area contributed by atoms with E-state index in [1.807, 2.05) is 44.3 Å². The maximum Gasteiger partial charge on any atom is 0.341 e. The molecule has 5 heterocycles. The topological polar surface area (TPSA) is 260 Å². The molecule has 0 amide bonds. The number of hydrogen-bond donors (Lipinski definition) is 5. The van der Waals surface area contributed by atoms with Crippen molar-refractivity contribution in [2.45, 2.75) is 216 Å². The number of aliphatic hydroxyl groups is 3. The fourth-order valence-electron chi connectivity index (χ4n) is 12.4. The summed E-state index contributed by atoms with van der Waals surface area (Å²) in [4.78, 5) is 70.3. The number of Topliss-reactive ketones (excluding diaryl/α,β-unsaturated/α-hetero) is 1. The summed E-state index contributed by atoms with van der Waals surface area (Å²) < 4.78 is 53.3. The lowest BCUT2D eigenvalue weighted by molar-refractivity contribution is -0.320. The molecule has 6 rings (SSSR count). The van der Waals surface area contributed by atoms with E-state index in [2.05, 4.69) is 11.4 Å². The van der Waals surface area contributed by atoms with Gasteiger partial charge >= 0.3 is 17.9 Å². The fourth-order valence-corrected chi connectivity index (χ4v) is 13.3. The highest BCUT2D eigenvalue weighted by Gasteiger charge is 2.55. The third kappa shape index (κ3) is 13.7. The first-order chi connectivity index (χ1) is 36.5. The first-order valence-electron chi connectivity index (χ1n) is 27.7. The molecule has 440 valence electrons. The van der Waals surface area contributed by atoms with E-state index in [4.69, 9.17) is 37.9 Å². The molecular weight excluding hydrogens is 1030 g/mol. The van der Waals surface area contributed by atoms with Crippen LogP contribution in [0.2, 0.25) is 0 Å². The zero-order chi connectivity index (χ0) is 57.9. The summed E-state index contributed by atoms with van der Waals surface area (Å²) >= 11 is 1.53. The maximum absolute atomic E-state index is 14.6. The average molecular weight is 1120 g/mol. The molecule has 0 saturated carbocycles. The van der Waals surface area contributed by atoms with Gasteiger partial charge in [-0.15, -0.1) is 11.8 Å². The van der Waals surface area contributed by atoms with Crippen LogP contribution in [-0.2, 0) is 58.7 Å². The third-order valence-corrected chi connectivity index (χ3v) is 18.2. The smallest absolute Gasteiger partial charge is 0.341 e. The van der Waals surface area contributed by atoms with Crippen molar-refractivity contribution in [3.63, 3.8) is 0 Å². The molecule has 1 aromatic heterocycles. The van der Waals surface area contributed by atoms with Crippen LogP contribution in [0, 0.1) is 23.7 Å². The quantitative estimate of drug-likeness (QED) is 0.0766. The van der Waals surface area contributed by atoms with Gasteiger partial charge in [-0.1, -0.05) is 27.7 Å². The highest BCUT2D eigenvalue weighted by molar-refractivity contribution is 7.99. The molecule has 0 aliphatic carbocycles. The number of thioether (sulfide) groups is 1. The maximum atomic E-state index is 14.6. The van der Waals surface area contributed by atoms with Crippen LogP contribution in [0.15, 0.2) is 28.0 Å². The molecule has 5 N–H and O–H groups in total. The molecule has 4 aliphatic rings. The largest absolute Gasteiger partial charge is 0.477 e. The van der Waals surface area contributed by atoms with Crippen molar-refractivity contribution in [2.75, 3.05) is 47.2 Å². The lowest BCUT2D eigenvalue weighted by atomic mass is 9.74. The Morgan fingerprint density at radius 2 is 1.58 bits per heavy atom. The molecule has 19 atom stereocenters. The van der Waals surface area contributed by atoms with E-state index in [0.717, 1.165) is 28.8 Å². The number of aliphatic hydroxyl groups excluding tert-OH is 2. The van der Waals surface area contributed by atoms with Crippen molar-refractivity contribution in [2.24, 2.45) is 23.7 Å². The van der Waals surface area contributed by atoms with E-state index in [0.29, 0.717) is 30.6 Å². The molecule has 3 fully saturated rings. The molecule has 2 aromatic rings. The van der Waals surface area contributed by atoms with Crippen LogP contribution in [0.25, 0.3) is 10.9 Å². The van der Waals surface area contributed by atoms with Crippen LogP contribution in [0.3, 0.4) is 0 Å². The summed E-state index contributed by atoms with van der Waals surface area (Å²) in [6, 6.07) is 3.57. The van der Waals surface area contributed by atoms with Crippen molar-refractivity contribution in [1.29, 1.82) is 0 Å². The molecule has 0 spiro atoms. The second kappa shape index (κ2) is 26.1. The average Bonchev–Trinajstić information content (AvgIpc) is 3.49. The molecule has 0 radical (unpaired) electrons. The number of carbonyl (C=O) groups excluding carboxylic acids is 3. The summed E-state index contributed by atoms with van der Waals surface area (Å²) in [5, 5.41) is 48.7. The van der Waals surface area contributed by atoms with Gasteiger partial charge in [-0.25, -0.2) is 4.79 Å². The minimum absolute atomic E-state index is 0.0293. The number of carbonyl (C=O) groups is 4. The molecule has 1 aromatic carbocycles. The number of pyridine rings is 1. The van der Waals surface area contributed by atoms with Crippen LogP contribution in [0.4, 0.5) is 0 Å². The summed E-state index contributed by atoms with van der Waals surface area (Å²) in [7, 11) is 6.73. The van der Waals surface area contributed by atoms with Crippen LogP contribution in [-0.4, -0.2) is 185 Å². The lowest BCUT2D eigenvalue weighted by Gasteiger charge is -2.50. The zero-order valence-electron chi connectivity index (χ0n) is 48.4. The molecule has 4 aliphatic heterocycles. The standard InChI is InChI=1S/C57H89N3O17S/c1-16-41-57(11,69)49(65)32(5)45(62)29(2)26-55(9,70-14)50(77-54-47(64)40(59(12)13)23-31(4)72-54)33(6)48(34(7)53(68)74-41)76-43-27-56(10,71-15)51(35(8)73-43)75-42(61)19-20-58-21-22-78-37-24-36-18-17-30(3)60-28-39(52(66)67)46(63)38(25-37)44(36)60/h24-25,28-35,40-41,43,47-51,54,58,64-65,69H,16-23,26-27H2,1-15H3,(H,66,67)/t29-,30-,31+,32+,33+,34-,35+,40-,41-,43+,47+,48+,49-,50-,51+,54-,55-,56-,57-/m1/s1. The number of aromatic carboxylic acids is 1. The molecule has 3 saturated heterocycles. The van der Waals surface area contributed by atoms with E-state index >= 15 is 0 Å². The summed E-state index contributed by atoms with van der Waals surface area (Å²) in [6.45, 7) is 19.9. The predicted molar refractivity (Wildman–Crippen MR) is 291 cm³/mol. The zero-order valence-corrected chi connectivity index (χ0v) is 49.3. The molecular formula is C57H89N3O17S. The number of benzene rings is 1. The number of aromatic nitrogens is 1. The third-order valence-electron chi connectivity index (χ3n) is 17.3. The van der Waals surface area contributed by atoms with Gasteiger partial charge in [0.1, 0.15) is 34.8 Å². The number of nitrogens with zero attached hydrogens (tertiary/aromatic N) is 2. The Morgan fingerprint density at radius 3 is 2.21 bits per heavy atom. The Hall–Kier alpha value is -3.58. The number of ketones is 1. The molecule has 78 heavy (non-hydrogen) atoms. The van der Waals surface area contributed by atoms with Gasteiger partial charge < -0.3 is 73.1 Å². The van der Waals surface area contributed by atoms with Gasteiger partial charge in [-0.2, -0.15) is 0 Å². The van der Waals surface area contributed by atoms with Crippen molar-refractivity contribution in [3.8, 4) is 0 Å². The molecule has 0 bridgehead atoms.